The number of anilines is 1. The van der Waals surface area contributed by atoms with Crippen LogP contribution in [0.25, 0.3) is 0 Å². The monoisotopic (exact) mass is 348 g/mol. The number of benzene rings is 1. The van der Waals surface area contributed by atoms with E-state index in [9.17, 15) is 13.2 Å². The lowest BCUT2D eigenvalue weighted by Gasteiger charge is -2.28. The van der Waals surface area contributed by atoms with E-state index in [0.29, 0.717) is 17.2 Å². The molecule has 1 aromatic carbocycles. The molecule has 6 heteroatoms. The van der Waals surface area contributed by atoms with E-state index in [4.69, 9.17) is 0 Å². The molecule has 1 aromatic rings. The van der Waals surface area contributed by atoms with Crippen molar-refractivity contribution in [1.82, 2.24) is 4.31 Å². The summed E-state index contributed by atoms with van der Waals surface area (Å²) in [5.41, 5.74) is 0.796. The number of carbonyl (C=O) groups excluding carboxylic acids is 1. The van der Waals surface area contributed by atoms with Crippen LogP contribution >= 0.6 is 0 Å². The first-order valence-electron chi connectivity index (χ1n) is 8.92. The van der Waals surface area contributed by atoms with Crippen molar-refractivity contribution >= 4 is 21.6 Å². The van der Waals surface area contributed by atoms with Gasteiger partial charge in [-0.3, -0.25) is 4.79 Å². The Morgan fingerprint density at radius 2 is 1.79 bits per heavy atom. The molecule has 0 spiro atoms. The molecular weight excluding hydrogens is 324 g/mol. The third-order valence-corrected chi connectivity index (χ3v) is 7.46. The fourth-order valence-electron chi connectivity index (χ4n) is 3.70. The molecule has 1 unspecified atom stereocenters. The second kappa shape index (κ2) is 5.85. The van der Waals surface area contributed by atoms with Crippen LogP contribution in [0.4, 0.5) is 5.69 Å². The van der Waals surface area contributed by atoms with E-state index >= 15 is 0 Å². The van der Waals surface area contributed by atoms with Crippen molar-refractivity contribution in [3.05, 3.63) is 24.3 Å². The molecule has 24 heavy (non-hydrogen) atoms. The van der Waals surface area contributed by atoms with Crippen LogP contribution in [0.3, 0.4) is 0 Å². The van der Waals surface area contributed by atoms with Gasteiger partial charge in [-0.15, -0.1) is 0 Å². The highest BCUT2D eigenvalue weighted by molar-refractivity contribution is 7.89. The van der Waals surface area contributed by atoms with Crippen LogP contribution in [0, 0.1) is 5.92 Å². The van der Waals surface area contributed by atoms with Crippen LogP contribution in [-0.4, -0.2) is 37.3 Å². The number of nitrogens with zero attached hydrogens (tertiary/aromatic N) is 2. The van der Waals surface area contributed by atoms with Gasteiger partial charge >= 0.3 is 0 Å². The van der Waals surface area contributed by atoms with Crippen molar-refractivity contribution in [3.8, 4) is 0 Å². The SMILES string of the molecule is CC(C1CC1)N(C1CC1)S(=O)(=O)c1ccc(N2CCCC2=O)cc1. The Morgan fingerprint density at radius 3 is 2.29 bits per heavy atom. The maximum atomic E-state index is 13.1. The fourth-order valence-corrected chi connectivity index (χ4v) is 5.64. The molecule has 5 nitrogen and oxygen atoms in total. The highest BCUT2D eigenvalue weighted by Gasteiger charge is 2.45. The second-order valence-corrected chi connectivity index (χ2v) is 9.13. The van der Waals surface area contributed by atoms with E-state index < -0.39 is 10.0 Å². The third-order valence-electron chi connectivity index (χ3n) is 5.41. The molecule has 1 amide bonds. The molecule has 130 valence electrons. The van der Waals surface area contributed by atoms with Gasteiger partial charge in [-0.2, -0.15) is 4.31 Å². The summed E-state index contributed by atoms with van der Waals surface area (Å²) in [6.45, 7) is 2.77. The summed E-state index contributed by atoms with van der Waals surface area (Å²) in [6, 6.07) is 7.11. The maximum absolute atomic E-state index is 13.1. The van der Waals surface area contributed by atoms with Crippen LogP contribution in [0.15, 0.2) is 29.2 Å². The normalized spacial score (nSPS) is 23.1. The summed E-state index contributed by atoms with van der Waals surface area (Å²) in [7, 11) is -3.47. The Kier molecular flexibility index (Phi) is 3.92. The Labute approximate surface area is 143 Å². The van der Waals surface area contributed by atoms with Crippen molar-refractivity contribution in [2.24, 2.45) is 5.92 Å². The maximum Gasteiger partial charge on any atom is 0.243 e. The Morgan fingerprint density at radius 1 is 1.12 bits per heavy atom. The fraction of sp³-hybridized carbons (Fsp3) is 0.611. The van der Waals surface area contributed by atoms with Crippen LogP contribution in [0.1, 0.15) is 45.4 Å². The van der Waals surface area contributed by atoms with Gasteiger partial charge in [-0.1, -0.05) is 0 Å². The first kappa shape index (κ1) is 16.1. The van der Waals surface area contributed by atoms with Gasteiger partial charge in [0.05, 0.1) is 4.90 Å². The topological polar surface area (TPSA) is 57.7 Å². The van der Waals surface area contributed by atoms with E-state index in [-0.39, 0.29) is 18.0 Å². The van der Waals surface area contributed by atoms with Gasteiger partial charge in [-0.25, -0.2) is 8.42 Å². The molecule has 0 N–H and O–H groups in total. The van der Waals surface area contributed by atoms with Crippen LogP contribution in [0.2, 0.25) is 0 Å². The van der Waals surface area contributed by atoms with Crippen molar-refractivity contribution in [1.29, 1.82) is 0 Å². The summed E-state index contributed by atoms with van der Waals surface area (Å²) in [5, 5.41) is 0. The quantitative estimate of drug-likeness (QED) is 0.794. The zero-order valence-electron chi connectivity index (χ0n) is 14.0. The van der Waals surface area contributed by atoms with E-state index in [1.165, 1.54) is 0 Å². The largest absolute Gasteiger partial charge is 0.312 e. The second-order valence-electron chi connectivity index (χ2n) is 7.29. The zero-order chi connectivity index (χ0) is 16.9. The number of hydrogen-bond donors (Lipinski definition) is 0. The molecule has 2 aliphatic carbocycles. The van der Waals surface area contributed by atoms with Gasteiger partial charge in [0.1, 0.15) is 0 Å². The van der Waals surface area contributed by atoms with Gasteiger partial charge in [0.25, 0.3) is 0 Å². The van der Waals surface area contributed by atoms with Crippen LogP contribution in [0.5, 0.6) is 0 Å². The zero-order valence-corrected chi connectivity index (χ0v) is 14.8. The van der Waals surface area contributed by atoms with Gasteiger partial charge in [0, 0.05) is 30.7 Å². The van der Waals surface area contributed by atoms with Gasteiger partial charge < -0.3 is 4.90 Å². The first-order valence-corrected chi connectivity index (χ1v) is 10.4. The molecule has 2 saturated carbocycles. The smallest absolute Gasteiger partial charge is 0.243 e. The third kappa shape index (κ3) is 2.86. The van der Waals surface area contributed by atoms with Crippen molar-refractivity contribution in [2.75, 3.05) is 11.4 Å². The van der Waals surface area contributed by atoms with E-state index in [2.05, 4.69) is 0 Å². The summed E-state index contributed by atoms with van der Waals surface area (Å²) < 4.78 is 28.0. The Bertz CT molecular complexity index is 736. The molecule has 1 saturated heterocycles. The molecule has 0 aromatic heterocycles. The molecule has 0 radical (unpaired) electrons. The van der Waals surface area contributed by atoms with Crippen molar-refractivity contribution < 1.29 is 13.2 Å². The molecule has 0 bridgehead atoms. The van der Waals surface area contributed by atoms with Crippen LogP contribution < -0.4 is 4.90 Å². The summed E-state index contributed by atoms with van der Waals surface area (Å²) in [4.78, 5) is 13.9. The average Bonchev–Trinajstić information content (AvgIpc) is 3.46. The summed E-state index contributed by atoms with van der Waals surface area (Å²) in [6.07, 6.45) is 5.65. The highest BCUT2D eigenvalue weighted by atomic mass is 32.2. The molecule has 3 aliphatic rings. The lowest BCUT2D eigenvalue weighted by molar-refractivity contribution is -0.117. The molecule has 1 aliphatic heterocycles. The van der Waals surface area contributed by atoms with Gasteiger partial charge in [0.15, 0.2) is 0 Å². The van der Waals surface area contributed by atoms with Gasteiger partial charge in [0.2, 0.25) is 15.9 Å². The van der Waals surface area contributed by atoms with E-state index in [1.54, 1.807) is 33.5 Å². The minimum absolute atomic E-state index is 0.0855. The molecule has 1 atom stereocenters. The lowest BCUT2D eigenvalue weighted by atomic mass is 10.2. The summed E-state index contributed by atoms with van der Waals surface area (Å²) >= 11 is 0. The minimum atomic E-state index is -3.47. The molecule has 3 fully saturated rings. The average molecular weight is 348 g/mol. The molecule has 4 rings (SSSR count). The number of sulfonamides is 1. The van der Waals surface area contributed by atoms with Gasteiger partial charge in [-0.05, 0) is 69.2 Å². The number of carbonyl (C=O) groups is 1. The number of rotatable bonds is 6. The van der Waals surface area contributed by atoms with Crippen LogP contribution in [-0.2, 0) is 14.8 Å². The Hall–Kier alpha value is -1.40. The first-order chi connectivity index (χ1) is 11.5. The van der Waals surface area contributed by atoms with E-state index in [0.717, 1.165) is 44.3 Å². The number of amides is 1. The lowest BCUT2D eigenvalue weighted by Crippen LogP contribution is -2.41. The minimum Gasteiger partial charge on any atom is -0.312 e. The Balaban J connectivity index is 1.60. The molecule has 1 heterocycles. The summed E-state index contributed by atoms with van der Waals surface area (Å²) in [5.74, 6) is 0.634. The van der Waals surface area contributed by atoms with Crippen molar-refractivity contribution in [2.45, 2.75) is 62.4 Å². The standard InChI is InChI=1S/C18H24N2O3S/c1-13(14-4-5-14)20(16-6-7-16)24(22,23)17-10-8-15(9-11-17)19-12-2-3-18(19)21/h8-11,13-14,16H,2-7,12H2,1H3. The van der Waals surface area contributed by atoms with E-state index in [1.807, 2.05) is 6.92 Å². The predicted octanol–water partition coefficient (Wildman–Crippen LogP) is 2.77. The number of hydrogen-bond acceptors (Lipinski definition) is 3. The highest BCUT2D eigenvalue weighted by Crippen LogP contribution is 2.42. The molecular formula is C18H24N2O3S. The van der Waals surface area contributed by atoms with Crippen molar-refractivity contribution in [3.63, 3.8) is 0 Å². The predicted molar refractivity (Wildman–Crippen MR) is 92.3 cm³/mol.